The van der Waals surface area contributed by atoms with Crippen molar-refractivity contribution in [3.63, 3.8) is 0 Å². The van der Waals surface area contributed by atoms with E-state index in [0.717, 1.165) is 50.7 Å². The van der Waals surface area contributed by atoms with E-state index in [1.54, 1.807) is 14.0 Å². The lowest BCUT2D eigenvalue weighted by Crippen LogP contribution is -2.55. The summed E-state index contributed by atoms with van der Waals surface area (Å²) in [6.07, 6.45) is 4.56. The van der Waals surface area contributed by atoms with Crippen LogP contribution < -0.4 is 4.74 Å². The quantitative estimate of drug-likeness (QED) is 0.841. The predicted octanol–water partition coefficient (Wildman–Crippen LogP) is 2.83. The van der Waals surface area contributed by atoms with E-state index in [9.17, 15) is 9.90 Å². The van der Waals surface area contributed by atoms with Crippen molar-refractivity contribution in [2.24, 2.45) is 13.0 Å². The molecule has 2 aliphatic heterocycles. The van der Waals surface area contributed by atoms with Gasteiger partial charge in [0.05, 0.1) is 25.3 Å². The zero-order valence-electron chi connectivity index (χ0n) is 18.4. The minimum Gasteiger partial charge on any atom is -0.497 e. The maximum absolute atomic E-state index is 12.0. The molecule has 6 nitrogen and oxygen atoms in total. The minimum absolute atomic E-state index is 0.0238. The highest BCUT2D eigenvalue weighted by molar-refractivity contribution is 5.88. The number of amides is 1. The van der Waals surface area contributed by atoms with Gasteiger partial charge < -0.3 is 19.3 Å². The third-order valence-corrected chi connectivity index (χ3v) is 7.77. The van der Waals surface area contributed by atoms with Gasteiger partial charge in [-0.05, 0) is 49.3 Å². The predicted molar refractivity (Wildman–Crippen MR) is 117 cm³/mol. The summed E-state index contributed by atoms with van der Waals surface area (Å²) in [4.78, 5) is 16.5. The molecule has 30 heavy (non-hydrogen) atoms. The number of hydrogen-bond acceptors (Lipinski definition) is 4. The lowest BCUT2D eigenvalue weighted by Gasteiger charge is -2.50. The monoisotopic (exact) mass is 411 g/mol. The second-order valence-corrected chi connectivity index (χ2v) is 9.56. The van der Waals surface area contributed by atoms with Crippen LogP contribution >= 0.6 is 0 Å². The molecule has 3 heterocycles. The van der Waals surface area contributed by atoms with Gasteiger partial charge in [-0.25, -0.2) is 0 Å². The molecule has 1 N–H and O–H groups in total. The van der Waals surface area contributed by atoms with Crippen LogP contribution in [-0.2, 0) is 17.3 Å². The molecule has 6 heteroatoms. The molecule has 0 unspecified atom stereocenters. The SMILES string of the molecule is COc1ccc2c3c(n(C)c2c1)[C@@H](CO)N(CC1CC1)CC31CCN(C(C)=O)CC1. The smallest absolute Gasteiger partial charge is 0.219 e. The van der Waals surface area contributed by atoms with Crippen molar-refractivity contribution >= 4 is 16.8 Å². The Bertz CT molecular complexity index is 970. The molecule has 1 spiro atoms. The number of rotatable bonds is 4. The van der Waals surface area contributed by atoms with E-state index >= 15 is 0 Å². The number of aromatic nitrogens is 1. The van der Waals surface area contributed by atoms with E-state index < -0.39 is 0 Å². The summed E-state index contributed by atoms with van der Waals surface area (Å²) in [6.45, 7) is 5.46. The second kappa shape index (κ2) is 7.27. The highest BCUT2D eigenvalue weighted by Crippen LogP contribution is 2.50. The van der Waals surface area contributed by atoms with Crippen LogP contribution in [0.1, 0.15) is 49.9 Å². The van der Waals surface area contributed by atoms with Crippen LogP contribution in [0.4, 0.5) is 0 Å². The molecule has 1 aromatic heterocycles. The molecule has 1 atom stereocenters. The van der Waals surface area contributed by atoms with Crippen molar-refractivity contribution in [2.75, 3.05) is 39.9 Å². The first kappa shape index (κ1) is 19.9. The van der Waals surface area contributed by atoms with Gasteiger partial charge in [0.25, 0.3) is 0 Å². The average Bonchev–Trinajstić information content (AvgIpc) is 3.52. The largest absolute Gasteiger partial charge is 0.497 e. The Balaban J connectivity index is 1.67. The van der Waals surface area contributed by atoms with E-state index in [0.29, 0.717) is 0 Å². The van der Waals surface area contributed by atoms with Gasteiger partial charge in [-0.15, -0.1) is 0 Å². The number of hydrogen-bond donors (Lipinski definition) is 1. The standard InChI is InChI=1S/C24H33N3O3/c1-16(29)26-10-8-24(9-11-26)15-27(13-17-4-5-17)21(14-28)23-22(24)19-7-6-18(30-3)12-20(19)25(23)2/h6-7,12,17,21,28H,4-5,8-11,13-15H2,1-3H3/t21-/m1/s1. The Morgan fingerprint density at radius 2 is 2.00 bits per heavy atom. The fraction of sp³-hybridized carbons (Fsp3) is 0.625. The number of methoxy groups -OCH3 is 1. The Kier molecular flexibility index (Phi) is 4.82. The van der Waals surface area contributed by atoms with Gasteiger partial charge in [0, 0.05) is 62.7 Å². The van der Waals surface area contributed by atoms with E-state index in [2.05, 4.69) is 28.6 Å². The van der Waals surface area contributed by atoms with Crippen molar-refractivity contribution in [2.45, 2.75) is 44.1 Å². The van der Waals surface area contributed by atoms with Crippen LogP contribution in [0.15, 0.2) is 18.2 Å². The molecule has 1 aromatic carbocycles. The number of aryl methyl sites for hydroxylation is 1. The summed E-state index contributed by atoms with van der Waals surface area (Å²) in [5.74, 6) is 1.80. The highest BCUT2D eigenvalue weighted by Gasteiger charge is 2.49. The van der Waals surface area contributed by atoms with Crippen LogP contribution in [0.2, 0.25) is 0 Å². The number of nitrogens with zero attached hydrogens (tertiary/aromatic N) is 3. The minimum atomic E-state index is 0.0238. The van der Waals surface area contributed by atoms with Crippen molar-refractivity contribution in [3.8, 4) is 5.75 Å². The summed E-state index contributed by atoms with van der Waals surface area (Å²) >= 11 is 0. The molecule has 1 aliphatic carbocycles. The van der Waals surface area contributed by atoms with Crippen LogP contribution in [0, 0.1) is 5.92 Å². The fourth-order valence-corrected chi connectivity index (χ4v) is 5.94. The van der Waals surface area contributed by atoms with Crippen LogP contribution in [0.25, 0.3) is 10.9 Å². The van der Waals surface area contributed by atoms with E-state index in [1.165, 1.54) is 35.0 Å². The second-order valence-electron chi connectivity index (χ2n) is 9.56. The van der Waals surface area contributed by atoms with Gasteiger partial charge in [0.15, 0.2) is 0 Å². The molecule has 162 valence electrons. The summed E-state index contributed by atoms with van der Waals surface area (Å²) in [5.41, 5.74) is 3.84. The summed E-state index contributed by atoms with van der Waals surface area (Å²) in [5, 5.41) is 11.7. The lowest BCUT2D eigenvalue weighted by molar-refractivity contribution is -0.130. The normalized spacial score (nSPS) is 23.7. The number of ether oxygens (including phenoxy) is 1. The Labute approximate surface area is 178 Å². The molecule has 5 rings (SSSR count). The van der Waals surface area contributed by atoms with Crippen molar-refractivity contribution in [3.05, 3.63) is 29.5 Å². The summed E-state index contributed by atoms with van der Waals surface area (Å²) < 4.78 is 7.79. The first-order valence-electron chi connectivity index (χ1n) is 11.2. The van der Waals surface area contributed by atoms with Gasteiger partial charge >= 0.3 is 0 Å². The topological polar surface area (TPSA) is 57.9 Å². The van der Waals surface area contributed by atoms with Gasteiger partial charge in [-0.3, -0.25) is 9.69 Å². The molecule has 3 aliphatic rings. The van der Waals surface area contributed by atoms with E-state index in [-0.39, 0.29) is 24.0 Å². The average molecular weight is 412 g/mol. The Hall–Kier alpha value is -2.05. The first-order chi connectivity index (χ1) is 14.5. The van der Waals surface area contributed by atoms with Crippen LogP contribution in [0.3, 0.4) is 0 Å². The molecular weight excluding hydrogens is 378 g/mol. The third-order valence-electron chi connectivity index (χ3n) is 7.77. The van der Waals surface area contributed by atoms with Crippen molar-refractivity contribution in [1.82, 2.24) is 14.4 Å². The number of carbonyl (C=O) groups is 1. The van der Waals surface area contributed by atoms with Gasteiger partial charge in [-0.2, -0.15) is 0 Å². The molecule has 1 saturated heterocycles. The Morgan fingerprint density at radius 3 is 2.60 bits per heavy atom. The molecule has 0 radical (unpaired) electrons. The lowest BCUT2D eigenvalue weighted by atomic mass is 9.68. The molecular formula is C24H33N3O3. The number of fused-ring (bicyclic) bond motifs is 4. The van der Waals surface area contributed by atoms with Crippen LogP contribution in [0.5, 0.6) is 5.75 Å². The molecule has 0 bridgehead atoms. The van der Waals surface area contributed by atoms with Crippen molar-refractivity contribution < 1.29 is 14.6 Å². The number of likely N-dealkylation sites (tertiary alicyclic amines) is 1. The first-order valence-corrected chi connectivity index (χ1v) is 11.2. The van der Waals surface area contributed by atoms with Crippen LogP contribution in [-0.4, -0.2) is 65.3 Å². The maximum Gasteiger partial charge on any atom is 0.219 e. The van der Waals surface area contributed by atoms with E-state index in [1.807, 2.05) is 11.0 Å². The summed E-state index contributed by atoms with van der Waals surface area (Å²) in [7, 11) is 3.83. The molecule has 2 aromatic rings. The number of aliphatic hydroxyl groups excluding tert-OH is 1. The van der Waals surface area contributed by atoms with Gasteiger partial charge in [0.1, 0.15) is 5.75 Å². The molecule has 1 amide bonds. The molecule has 1 saturated carbocycles. The maximum atomic E-state index is 12.0. The third kappa shape index (κ3) is 3.04. The van der Waals surface area contributed by atoms with Gasteiger partial charge in [0.2, 0.25) is 5.91 Å². The number of carbonyl (C=O) groups excluding carboxylic acids is 1. The molecule has 2 fully saturated rings. The fourth-order valence-electron chi connectivity index (χ4n) is 5.94. The summed E-state index contributed by atoms with van der Waals surface area (Å²) in [6, 6.07) is 6.38. The zero-order valence-corrected chi connectivity index (χ0v) is 18.4. The number of piperidine rings is 1. The Morgan fingerprint density at radius 1 is 1.27 bits per heavy atom. The number of aliphatic hydroxyl groups is 1. The van der Waals surface area contributed by atoms with Crippen molar-refractivity contribution in [1.29, 1.82) is 0 Å². The highest BCUT2D eigenvalue weighted by atomic mass is 16.5. The van der Waals surface area contributed by atoms with E-state index in [4.69, 9.17) is 4.74 Å². The zero-order chi connectivity index (χ0) is 21.0. The van der Waals surface area contributed by atoms with Gasteiger partial charge in [-0.1, -0.05) is 0 Å². The number of benzene rings is 1.